The summed E-state index contributed by atoms with van der Waals surface area (Å²) in [4.78, 5) is 35.1. The third-order valence-corrected chi connectivity index (χ3v) is 4.10. The molecule has 128 valence electrons. The van der Waals surface area contributed by atoms with Crippen molar-refractivity contribution in [3.63, 3.8) is 0 Å². The average molecular weight is 333 g/mol. The number of rotatable bonds is 4. The fourth-order valence-corrected chi connectivity index (χ4v) is 2.77. The lowest BCUT2D eigenvalue weighted by atomic mass is 10.1. The molecule has 2 heterocycles. The second kappa shape index (κ2) is 6.48. The summed E-state index contributed by atoms with van der Waals surface area (Å²) in [5, 5.41) is 5.47. The highest BCUT2D eigenvalue weighted by Gasteiger charge is 2.30. The van der Waals surface area contributed by atoms with E-state index in [4.69, 9.17) is 15.2 Å². The minimum Gasteiger partial charge on any atom is -0.478 e. The van der Waals surface area contributed by atoms with Crippen LogP contribution in [0.15, 0.2) is 18.2 Å². The summed E-state index contributed by atoms with van der Waals surface area (Å²) in [6.07, 6.45) is -0.282. The largest absolute Gasteiger partial charge is 0.478 e. The normalized spacial score (nSPS) is 25.4. The molecule has 8 heteroatoms. The van der Waals surface area contributed by atoms with E-state index in [1.54, 1.807) is 25.1 Å². The Hall–Kier alpha value is -2.61. The van der Waals surface area contributed by atoms with Gasteiger partial charge in [-0.3, -0.25) is 14.4 Å². The number of para-hydroxylation sites is 1. The molecule has 2 aliphatic heterocycles. The summed E-state index contributed by atoms with van der Waals surface area (Å²) in [5.74, 6) is -0.721. The zero-order valence-electron chi connectivity index (χ0n) is 13.2. The maximum atomic E-state index is 12.4. The summed E-state index contributed by atoms with van der Waals surface area (Å²) in [5.41, 5.74) is 6.01. The summed E-state index contributed by atoms with van der Waals surface area (Å²) in [7, 11) is 0. The van der Waals surface area contributed by atoms with Crippen LogP contribution in [0.1, 0.15) is 30.1 Å². The van der Waals surface area contributed by atoms with E-state index in [0.29, 0.717) is 29.8 Å². The number of nitrogens with two attached hydrogens (primary N) is 1. The minimum absolute atomic E-state index is 0.245. The molecular weight excluding hydrogens is 314 g/mol. The van der Waals surface area contributed by atoms with Crippen LogP contribution in [-0.2, 0) is 14.3 Å². The van der Waals surface area contributed by atoms with Gasteiger partial charge in [0, 0.05) is 6.54 Å². The molecule has 3 amide bonds. The summed E-state index contributed by atoms with van der Waals surface area (Å²) >= 11 is 0. The highest BCUT2D eigenvalue weighted by Crippen LogP contribution is 2.33. The summed E-state index contributed by atoms with van der Waals surface area (Å²) in [6, 6.07) is 4.97. The molecule has 1 aromatic rings. The van der Waals surface area contributed by atoms with Gasteiger partial charge >= 0.3 is 0 Å². The lowest BCUT2D eigenvalue weighted by Gasteiger charge is -2.25. The van der Waals surface area contributed by atoms with E-state index in [-0.39, 0.29) is 24.5 Å². The number of ether oxygens (including phenoxy) is 2. The van der Waals surface area contributed by atoms with Gasteiger partial charge in [0.15, 0.2) is 11.9 Å². The molecule has 24 heavy (non-hydrogen) atoms. The van der Waals surface area contributed by atoms with Crippen LogP contribution in [0.25, 0.3) is 0 Å². The van der Waals surface area contributed by atoms with Gasteiger partial charge in [-0.15, -0.1) is 0 Å². The molecule has 0 aromatic heterocycles. The van der Waals surface area contributed by atoms with Crippen LogP contribution in [0.4, 0.5) is 5.69 Å². The first-order valence-corrected chi connectivity index (χ1v) is 7.79. The van der Waals surface area contributed by atoms with Gasteiger partial charge in [0.1, 0.15) is 6.10 Å². The van der Waals surface area contributed by atoms with Crippen molar-refractivity contribution in [2.45, 2.75) is 38.1 Å². The first kappa shape index (κ1) is 16.3. The zero-order valence-corrected chi connectivity index (χ0v) is 13.2. The smallest absolute Gasteiger partial charge is 0.265 e. The fourth-order valence-electron chi connectivity index (χ4n) is 2.77. The van der Waals surface area contributed by atoms with E-state index < -0.39 is 18.1 Å². The van der Waals surface area contributed by atoms with Crippen LogP contribution in [0.5, 0.6) is 5.75 Å². The summed E-state index contributed by atoms with van der Waals surface area (Å²) < 4.78 is 11.0. The number of fused-ring (bicyclic) bond motifs is 1. The molecule has 1 fully saturated rings. The number of primary amides is 1. The number of carbonyl (C=O) groups is 3. The molecular formula is C16H19N3O5. The van der Waals surface area contributed by atoms with Crippen molar-refractivity contribution >= 4 is 23.4 Å². The first-order chi connectivity index (χ1) is 11.5. The third kappa shape index (κ3) is 3.18. The zero-order chi connectivity index (χ0) is 17.3. The number of hydrogen-bond donors (Lipinski definition) is 3. The number of nitrogens with one attached hydrogen (secondary N) is 2. The minimum atomic E-state index is -0.666. The van der Waals surface area contributed by atoms with Gasteiger partial charge in [0.25, 0.3) is 11.8 Å². The third-order valence-electron chi connectivity index (χ3n) is 4.10. The Kier molecular flexibility index (Phi) is 4.39. The van der Waals surface area contributed by atoms with Crippen LogP contribution in [0.3, 0.4) is 0 Å². The van der Waals surface area contributed by atoms with E-state index in [0.717, 1.165) is 0 Å². The van der Waals surface area contributed by atoms with E-state index in [2.05, 4.69) is 10.6 Å². The molecule has 0 aliphatic carbocycles. The number of amides is 3. The number of benzene rings is 1. The molecule has 1 saturated heterocycles. The lowest BCUT2D eigenvalue weighted by Crippen LogP contribution is -2.37. The van der Waals surface area contributed by atoms with Crippen molar-refractivity contribution in [1.82, 2.24) is 5.32 Å². The molecule has 0 bridgehead atoms. The molecule has 0 unspecified atom stereocenters. The van der Waals surface area contributed by atoms with Crippen molar-refractivity contribution < 1.29 is 23.9 Å². The van der Waals surface area contributed by atoms with Crippen molar-refractivity contribution in [3.8, 4) is 5.75 Å². The lowest BCUT2D eigenvalue weighted by molar-refractivity contribution is -0.128. The Balaban J connectivity index is 1.65. The molecule has 0 radical (unpaired) electrons. The van der Waals surface area contributed by atoms with Gasteiger partial charge in [-0.05, 0) is 31.9 Å². The predicted octanol–water partition coefficient (Wildman–Crippen LogP) is 0.169. The Morgan fingerprint density at radius 3 is 2.88 bits per heavy atom. The topological polar surface area (TPSA) is 120 Å². The molecule has 8 nitrogen and oxygen atoms in total. The number of hydrogen-bond acceptors (Lipinski definition) is 5. The van der Waals surface area contributed by atoms with Crippen LogP contribution in [0.2, 0.25) is 0 Å². The Labute approximate surface area is 138 Å². The first-order valence-electron chi connectivity index (χ1n) is 7.79. The quantitative estimate of drug-likeness (QED) is 0.725. The van der Waals surface area contributed by atoms with Crippen LogP contribution in [0, 0.1) is 0 Å². The van der Waals surface area contributed by atoms with Crippen molar-refractivity contribution in [3.05, 3.63) is 23.8 Å². The Morgan fingerprint density at radius 2 is 2.17 bits per heavy atom. The average Bonchev–Trinajstić information content (AvgIpc) is 3.02. The SMILES string of the molecule is C[C@@H]1Oc2c(cccc2C(=O)NC[C@H]2CC[C@@H](C(N)=O)O2)NC1=O. The van der Waals surface area contributed by atoms with Crippen LogP contribution >= 0.6 is 0 Å². The number of carbonyl (C=O) groups excluding carboxylic acids is 3. The van der Waals surface area contributed by atoms with Gasteiger partial charge in [-0.25, -0.2) is 0 Å². The summed E-state index contributed by atoms with van der Waals surface area (Å²) in [6.45, 7) is 1.89. The molecule has 0 saturated carbocycles. The second-order valence-electron chi connectivity index (χ2n) is 5.87. The molecule has 4 N–H and O–H groups in total. The van der Waals surface area contributed by atoms with Gasteiger partial charge in [-0.1, -0.05) is 6.07 Å². The van der Waals surface area contributed by atoms with Crippen molar-refractivity contribution in [2.24, 2.45) is 5.73 Å². The van der Waals surface area contributed by atoms with Gasteiger partial charge < -0.3 is 25.8 Å². The molecule has 2 aliphatic rings. The van der Waals surface area contributed by atoms with Crippen LogP contribution in [-0.4, -0.2) is 42.6 Å². The predicted molar refractivity (Wildman–Crippen MR) is 84.6 cm³/mol. The van der Waals surface area contributed by atoms with Gasteiger partial charge in [-0.2, -0.15) is 0 Å². The fraction of sp³-hybridized carbons (Fsp3) is 0.438. The molecule has 3 atom stereocenters. The second-order valence-corrected chi connectivity index (χ2v) is 5.87. The van der Waals surface area contributed by atoms with E-state index in [9.17, 15) is 14.4 Å². The van der Waals surface area contributed by atoms with E-state index in [1.165, 1.54) is 0 Å². The van der Waals surface area contributed by atoms with Gasteiger partial charge in [0.05, 0.1) is 17.4 Å². The number of anilines is 1. The van der Waals surface area contributed by atoms with Gasteiger partial charge in [0.2, 0.25) is 5.91 Å². The Morgan fingerprint density at radius 1 is 1.38 bits per heavy atom. The van der Waals surface area contributed by atoms with Crippen LogP contribution < -0.4 is 21.1 Å². The molecule has 3 rings (SSSR count). The molecule has 0 spiro atoms. The molecule has 1 aromatic carbocycles. The highest BCUT2D eigenvalue weighted by atomic mass is 16.5. The van der Waals surface area contributed by atoms with Crippen molar-refractivity contribution in [2.75, 3.05) is 11.9 Å². The van der Waals surface area contributed by atoms with Crippen molar-refractivity contribution in [1.29, 1.82) is 0 Å². The highest BCUT2D eigenvalue weighted by molar-refractivity contribution is 6.03. The van der Waals surface area contributed by atoms with E-state index >= 15 is 0 Å². The Bertz CT molecular complexity index is 690. The standard InChI is InChI=1S/C16H19N3O5/c1-8-15(21)19-11-4-2-3-10(13(11)23-8)16(22)18-7-9-5-6-12(24-9)14(17)20/h2-4,8-9,12H,5-7H2,1H3,(H2,17,20)(H,18,22)(H,19,21)/t8-,9+,12-/m0/s1. The maximum Gasteiger partial charge on any atom is 0.265 e. The maximum absolute atomic E-state index is 12.4. The monoisotopic (exact) mass is 333 g/mol. The van der Waals surface area contributed by atoms with E-state index in [1.807, 2.05) is 0 Å².